The SMILES string of the molecule is CC(C)CCNC(=O)c1ccn(C)n1. The van der Waals surface area contributed by atoms with Crippen LogP contribution < -0.4 is 5.32 Å². The first-order valence-electron chi connectivity index (χ1n) is 4.87. The maximum Gasteiger partial charge on any atom is 0.271 e. The lowest BCUT2D eigenvalue weighted by Gasteiger charge is -2.05. The summed E-state index contributed by atoms with van der Waals surface area (Å²) < 4.78 is 1.62. The molecule has 0 aromatic carbocycles. The number of amides is 1. The third-order valence-corrected chi connectivity index (χ3v) is 1.95. The van der Waals surface area contributed by atoms with Crippen LogP contribution in [0.3, 0.4) is 0 Å². The van der Waals surface area contributed by atoms with Gasteiger partial charge in [0.2, 0.25) is 0 Å². The summed E-state index contributed by atoms with van der Waals surface area (Å²) in [4.78, 5) is 11.5. The molecule has 0 aliphatic carbocycles. The normalized spacial score (nSPS) is 10.6. The van der Waals surface area contributed by atoms with E-state index in [-0.39, 0.29) is 5.91 Å². The Bertz CT molecular complexity index is 304. The highest BCUT2D eigenvalue weighted by Gasteiger charge is 2.07. The molecule has 1 amide bonds. The van der Waals surface area contributed by atoms with Crippen molar-refractivity contribution < 1.29 is 4.79 Å². The van der Waals surface area contributed by atoms with Crippen molar-refractivity contribution >= 4 is 5.91 Å². The second-order valence-electron chi connectivity index (χ2n) is 3.81. The number of rotatable bonds is 4. The number of aromatic nitrogens is 2. The average Bonchev–Trinajstić information content (AvgIpc) is 2.51. The van der Waals surface area contributed by atoms with Gasteiger partial charge in [0.25, 0.3) is 5.91 Å². The molecule has 0 saturated heterocycles. The highest BCUT2D eigenvalue weighted by Crippen LogP contribution is 1.98. The van der Waals surface area contributed by atoms with E-state index in [0.29, 0.717) is 18.2 Å². The minimum atomic E-state index is -0.0914. The molecule has 0 fully saturated rings. The molecule has 0 spiro atoms. The van der Waals surface area contributed by atoms with Gasteiger partial charge < -0.3 is 5.32 Å². The molecule has 0 bridgehead atoms. The fourth-order valence-corrected chi connectivity index (χ4v) is 1.10. The number of hydrogen-bond acceptors (Lipinski definition) is 2. The highest BCUT2D eigenvalue weighted by atomic mass is 16.1. The van der Waals surface area contributed by atoms with E-state index in [2.05, 4.69) is 24.3 Å². The molecule has 0 radical (unpaired) electrons. The molecule has 1 aromatic rings. The van der Waals surface area contributed by atoms with Gasteiger partial charge in [0, 0.05) is 19.8 Å². The Morgan fingerprint density at radius 3 is 2.86 bits per heavy atom. The number of carbonyl (C=O) groups excluding carboxylic acids is 1. The van der Waals surface area contributed by atoms with Crippen molar-refractivity contribution in [3.63, 3.8) is 0 Å². The van der Waals surface area contributed by atoms with Crippen LogP contribution in [0.1, 0.15) is 30.8 Å². The Morgan fingerprint density at radius 2 is 2.36 bits per heavy atom. The van der Waals surface area contributed by atoms with E-state index in [9.17, 15) is 4.79 Å². The number of aryl methyl sites for hydroxylation is 1. The van der Waals surface area contributed by atoms with Crippen LogP contribution in [0, 0.1) is 5.92 Å². The summed E-state index contributed by atoms with van der Waals surface area (Å²) in [5.74, 6) is 0.519. The maximum atomic E-state index is 11.5. The van der Waals surface area contributed by atoms with Crippen molar-refractivity contribution in [2.24, 2.45) is 13.0 Å². The molecule has 1 N–H and O–H groups in total. The zero-order valence-corrected chi connectivity index (χ0v) is 8.95. The smallest absolute Gasteiger partial charge is 0.271 e. The van der Waals surface area contributed by atoms with Crippen LogP contribution in [0.5, 0.6) is 0 Å². The second-order valence-corrected chi connectivity index (χ2v) is 3.81. The lowest BCUT2D eigenvalue weighted by Crippen LogP contribution is -2.25. The van der Waals surface area contributed by atoms with Gasteiger partial charge in [-0.05, 0) is 18.4 Å². The molecule has 0 aliphatic rings. The van der Waals surface area contributed by atoms with Gasteiger partial charge in [0.15, 0.2) is 0 Å². The van der Waals surface area contributed by atoms with Crippen molar-refractivity contribution in [3.8, 4) is 0 Å². The van der Waals surface area contributed by atoms with E-state index in [1.165, 1.54) is 0 Å². The number of nitrogens with one attached hydrogen (secondary N) is 1. The minimum absolute atomic E-state index is 0.0914. The van der Waals surface area contributed by atoms with Gasteiger partial charge in [-0.3, -0.25) is 9.48 Å². The van der Waals surface area contributed by atoms with Crippen LogP contribution in [0.25, 0.3) is 0 Å². The fourth-order valence-electron chi connectivity index (χ4n) is 1.10. The molecule has 1 heterocycles. The molecule has 0 atom stereocenters. The highest BCUT2D eigenvalue weighted by molar-refractivity contribution is 5.92. The molecule has 4 nitrogen and oxygen atoms in total. The first kappa shape index (κ1) is 10.8. The van der Waals surface area contributed by atoms with Gasteiger partial charge in [-0.1, -0.05) is 13.8 Å². The average molecular weight is 195 g/mol. The maximum absolute atomic E-state index is 11.5. The van der Waals surface area contributed by atoms with E-state index in [1.807, 2.05) is 0 Å². The fraction of sp³-hybridized carbons (Fsp3) is 0.600. The molecule has 0 saturated carbocycles. The Morgan fingerprint density at radius 1 is 1.64 bits per heavy atom. The molecule has 1 aromatic heterocycles. The summed E-state index contributed by atoms with van der Waals surface area (Å²) in [6, 6.07) is 1.71. The van der Waals surface area contributed by atoms with Gasteiger partial charge in [0.1, 0.15) is 5.69 Å². The zero-order valence-electron chi connectivity index (χ0n) is 8.95. The monoisotopic (exact) mass is 195 g/mol. The standard InChI is InChI=1S/C10H17N3O/c1-8(2)4-6-11-10(14)9-5-7-13(3)12-9/h5,7-8H,4,6H2,1-3H3,(H,11,14). The van der Waals surface area contributed by atoms with Crippen LogP contribution >= 0.6 is 0 Å². The number of carbonyl (C=O) groups is 1. The summed E-state index contributed by atoms with van der Waals surface area (Å²) in [5.41, 5.74) is 0.483. The predicted molar refractivity (Wildman–Crippen MR) is 55.0 cm³/mol. The van der Waals surface area contributed by atoms with E-state index in [1.54, 1.807) is 24.0 Å². The van der Waals surface area contributed by atoms with Crippen LogP contribution in [0.4, 0.5) is 0 Å². The summed E-state index contributed by atoms with van der Waals surface area (Å²) in [7, 11) is 1.80. The van der Waals surface area contributed by atoms with Crippen molar-refractivity contribution in [1.29, 1.82) is 0 Å². The molecular formula is C10H17N3O. The molecule has 4 heteroatoms. The predicted octanol–water partition coefficient (Wildman–Crippen LogP) is 1.20. The first-order valence-corrected chi connectivity index (χ1v) is 4.87. The molecule has 14 heavy (non-hydrogen) atoms. The lowest BCUT2D eigenvalue weighted by molar-refractivity contribution is 0.0946. The van der Waals surface area contributed by atoms with E-state index >= 15 is 0 Å². The topological polar surface area (TPSA) is 46.9 Å². The Hall–Kier alpha value is -1.32. The summed E-state index contributed by atoms with van der Waals surface area (Å²) in [6.07, 6.45) is 2.76. The molecule has 78 valence electrons. The first-order chi connectivity index (χ1) is 6.59. The second kappa shape index (κ2) is 4.79. The lowest BCUT2D eigenvalue weighted by atomic mass is 10.1. The minimum Gasteiger partial charge on any atom is -0.351 e. The van der Waals surface area contributed by atoms with Crippen LogP contribution in [0.15, 0.2) is 12.3 Å². The van der Waals surface area contributed by atoms with E-state index in [4.69, 9.17) is 0 Å². The number of nitrogens with zero attached hydrogens (tertiary/aromatic N) is 2. The molecule has 1 rings (SSSR count). The van der Waals surface area contributed by atoms with Crippen LogP contribution in [-0.4, -0.2) is 22.2 Å². The third kappa shape index (κ3) is 3.20. The number of hydrogen-bond donors (Lipinski definition) is 1. The molecule has 0 unspecified atom stereocenters. The van der Waals surface area contributed by atoms with Crippen molar-refractivity contribution in [2.45, 2.75) is 20.3 Å². The van der Waals surface area contributed by atoms with Crippen molar-refractivity contribution in [1.82, 2.24) is 15.1 Å². The van der Waals surface area contributed by atoms with Gasteiger partial charge in [0.05, 0.1) is 0 Å². The Balaban J connectivity index is 2.36. The summed E-state index contributed by atoms with van der Waals surface area (Å²) in [5, 5.41) is 6.84. The zero-order chi connectivity index (χ0) is 10.6. The molecular weight excluding hydrogens is 178 g/mol. The van der Waals surface area contributed by atoms with Gasteiger partial charge in [-0.25, -0.2) is 0 Å². The van der Waals surface area contributed by atoms with Crippen LogP contribution in [0.2, 0.25) is 0 Å². The van der Waals surface area contributed by atoms with Gasteiger partial charge in [-0.2, -0.15) is 5.10 Å². The largest absolute Gasteiger partial charge is 0.351 e. The molecule has 0 aliphatic heterocycles. The summed E-state index contributed by atoms with van der Waals surface area (Å²) in [6.45, 7) is 4.98. The van der Waals surface area contributed by atoms with Gasteiger partial charge >= 0.3 is 0 Å². The van der Waals surface area contributed by atoms with Gasteiger partial charge in [-0.15, -0.1) is 0 Å². The third-order valence-electron chi connectivity index (χ3n) is 1.95. The van der Waals surface area contributed by atoms with Crippen LogP contribution in [-0.2, 0) is 7.05 Å². The summed E-state index contributed by atoms with van der Waals surface area (Å²) >= 11 is 0. The van der Waals surface area contributed by atoms with Crippen molar-refractivity contribution in [2.75, 3.05) is 6.54 Å². The van der Waals surface area contributed by atoms with E-state index < -0.39 is 0 Å². The quantitative estimate of drug-likeness (QED) is 0.784. The Kier molecular flexibility index (Phi) is 3.68. The van der Waals surface area contributed by atoms with Crippen molar-refractivity contribution in [3.05, 3.63) is 18.0 Å². The Labute approximate surface area is 84.3 Å². The van der Waals surface area contributed by atoms with E-state index in [0.717, 1.165) is 6.42 Å².